The normalized spacial score (nSPS) is 15.6. The van der Waals surface area contributed by atoms with Crippen molar-refractivity contribution < 1.29 is 19.1 Å². The second-order valence-electron chi connectivity index (χ2n) is 5.11. The van der Waals surface area contributed by atoms with Gasteiger partial charge in [-0.1, -0.05) is 18.2 Å². The van der Waals surface area contributed by atoms with Crippen molar-refractivity contribution in [3.8, 4) is 5.75 Å². The molecular formula is C15H16N4O4. The summed E-state index contributed by atoms with van der Waals surface area (Å²) in [7, 11) is 1.25. The molecular weight excluding hydrogens is 300 g/mol. The Morgan fingerprint density at radius 1 is 1.43 bits per heavy atom. The number of esters is 1. The molecule has 3 rings (SSSR count). The zero-order chi connectivity index (χ0) is 16.2. The van der Waals surface area contributed by atoms with Crippen molar-refractivity contribution >= 4 is 11.9 Å². The van der Waals surface area contributed by atoms with Gasteiger partial charge in [-0.15, -0.1) is 5.10 Å². The number of nitrogens with one attached hydrogen (secondary N) is 1. The van der Waals surface area contributed by atoms with Gasteiger partial charge in [-0.25, -0.2) is 14.5 Å². The minimum atomic E-state index is -0.638. The average Bonchev–Trinajstić information content (AvgIpc) is 3.18. The molecule has 1 amide bonds. The van der Waals surface area contributed by atoms with Crippen LogP contribution in [0.4, 0.5) is 0 Å². The Labute approximate surface area is 132 Å². The molecule has 0 radical (unpaired) electrons. The van der Waals surface area contributed by atoms with E-state index in [1.807, 2.05) is 24.3 Å². The van der Waals surface area contributed by atoms with Gasteiger partial charge >= 0.3 is 5.97 Å². The van der Waals surface area contributed by atoms with E-state index < -0.39 is 5.97 Å². The second kappa shape index (κ2) is 6.47. The quantitative estimate of drug-likeness (QED) is 0.791. The van der Waals surface area contributed by atoms with E-state index in [0.29, 0.717) is 6.54 Å². The monoisotopic (exact) mass is 316 g/mol. The summed E-state index contributed by atoms with van der Waals surface area (Å²) >= 11 is 0. The van der Waals surface area contributed by atoms with E-state index in [0.717, 1.165) is 17.7 Å². The molecule has 120 valence electrons. The van der Waals surface area contributed by atoms with Gasteiger partial charge in [0.15, 0.2) is 0 Å². The lowest BCUT2D eigenvalue weighted by molar-refractivity contribution is -0.122. The fraction of sp³-hybridized carbons (Fsp3) is 0.333. The van der Waals surface area contributed by atoms with Crippen LogP contribution < -0.4 is 10.1 Å². The number of benzene rings is 1. The van der Waals surface area contributed by atoms with E-state index in [1.165, 1.54) is 18.1 Å². The van der Waals surface area contributed by atoms with Crippen LogP contribution in [0.2, 0.25) is 0 Å². The summed E-state index contributed by atoms with van der Waals surface area (Å²) < 4.78 is 11.5. The van der Waals surface area contributed by atoms with E-state index in [4.69, 9.17) is 4.74 Å². The Kier molecular flexibility index (Phi) is 4.22. The minimum absolute atomic E-state index is 0.0241. The Balaban J connectivity index is 1.47. The van der Waals surface area contributed by atoms with Crippen molar-refractivity contribution in [2.24, 2.45) is 0 Å². The van der Waals surface area contributed by atoms with Gasteiger partial charge < -0.3 is 14.8 Å². The van der Waals surface area contributed by atoms with Gasteiger partial charge in [-0.3, -0.25) is 4.79 Å². The smallest absolute Gasteiger partial charge is 0.377 e. The summed E-state index contributed by atoms with van der Waals surface area (Å²) in [6.45, 7) is 0.385. The first-order valence-corrected chi connectivity index (χ1v) is 7.14. The molecule has 0 saturated carbocycles. The van der Waals surface area contributed by atoms with E-state index >= 15 is 0 Å². The number of fused-ring (bicyclic) bond motifs is 1. The number of aromatic nitrogens is 3. The summed E-state index contributed by atoms with van der Waals surface area (Å²) in [5.74, 6) is -0.0761. The Morgan fingerprint density at radius 2 is 2.26 bits per heavy atom. The number of rotatable bonds is 5. The van der Waals surface area contributed by atoms with Crippen LogP contribution in [0.3, 0.4) is 0 Å². The highest BCUT2D eigenvalue weighted by Crippen LogP contribution is 2.27. The van der Waals surface area contributed by atoms with Gasteiger partial charge in [0.1, 0.15) is 24.7 Å². The molecule has 8 nitrogen and oxygen atoms in total. The van der Waals surface area contributed by atoms with E-state index in [1.54, 1.807) is 0 Å². The van der Waals surface area contributed by atoms with Crippen LogP contribution in [0.15, 0.2) is 30.6 Å². The van der Waals surface area contributed by atoms with Crippen LogP contribution in [0, 0.1) is 0 Å². The summed E-state index contributed by atoms with van der Waals surface area (Å²) in [5, 5.41) is 6.66. The Morgan fingerprint density at radius 3 is 3.04 bits per heavy atom. The average molecular weight is 316 g/mol. The molecule has 0 spiro atoms. The van der Waals surface area contributed by atoms with Crippen molar-refractivity contribution in [2.75, 3.05) is 13.7 Å². The van der Waals surface area contributed by atoms with Crippen molar-refractivity contribution in [3.63, 3.8) is 0 Å². The minimum Gasteiger partial charge on any atom is -0.488 e. The van der Waals surface area contributed by atoms with Gasteiger partial charge in [0.05, 0.1) is 13.7 Å². The number of hydrogen-bond donors (Lipinski definition) is 1. The number of para-hydroxylation sites is 1. The fourth-order valence-corrected chi connectivity index (χ4v) is 2.35. The SMILES string of the molecule is COC(=O)c1ncn(CC(=O)NC[C@@H]2Cc3ccccc3O2)n1. The number of carbonyl (C=O) groups excluding carboxylic acids is 2. The fourth-order valence-electron chi connectivity index (χ4n) is 2.35. The van der Waals surface area contributed by atoms with Crippen LogP contribution in [-0.2, 0) is 22.5 Å². The van der Waals surface area contributed by atoms with E-state index in [-0.39, 0.29) is 24.4 Å². The predicted octanol–water partition coefficient (Wildman–Crippen LogP) is 0.185. The topological polar surface area (TPSA) is 95.3 Å². The molecule has 1 aliphatic rings. The number of amides is 1. The van der Waals surface area contributed by atoms with E-state index in [2.05, 4.69) is 20.1 Å². The first-order chi connectivity index (χ1) is 11.2. The van der Waals surface area contributed by atoms with Crippen LogP contribution in [0.25, 0.3) is 0 Å². The van der Waals surface area contributed by atoms with Gasteiger partial charge in [0, 0.05) is 6.42 Å². The first-order valence-electron chi connectivity index (χ1n) is 7.14. The van der Waals surface area contributed by atoms with Gasteiger partial charge in [0.25, 0.3) is 5.82 Å². The highest BCUT2D eigenvalue weighted by molar-refractivity contribution is 5.84. The molecule has 1 aromatic heterocycles. The maximum atomic E-state index is 11.9. The van der Waals surface area contributed by atoms with Crippen LogP contribution in [0.5, 0.6) is 5.75 Å². The number of ether oxygens (including phenoxy) is 2. The molecule has 1 atom stereocenters. The molecule has 0 unspecified atom stereocenters. The number of methoxy groups -OCH3 is 1. The number of hydrogen-bond acceptors (Lipinski definition) is 6. The molecule has 1 aliphatic heterocycles. The second-order valence-corrected chi connectivity index (χ2v) is 5.11. The van der Waals surface area contributed by atoms with Crippen LogP contribution in [0.1, 0.15) is 16.2 Å². The number of carbonyl (C=O) groups is 2. The zero-order valence-corrected chi connectivity index (χ0v) is 12.6. The zero-order valence-electron chi connectivity index (χ0n) is 12.6. The van der Waals surface area contributed by atoms with Crippen molar-refractivity contribution in [3.05, 3.63) is 42.0 Å². The molecule has 1 aromatic carbocycles. The largest absolute Gasteiger partial charge is 0.488 e. The van der Waals surface area contributed by atoms with Crippen LogP contribution >= 0.6 is 0 Å². The molecule has 0 bridgehead atoms. The van der Waals surface area contributed by atoms with Gasteiger partial charge in [-0.05, 0) is 11.6 Å². The third-order valence-corrected chi connectivity index (χ3v) is 3.45. The summed E-state index contributed by atoms with van der Waals surface area (Å²) in [6.07, 6.45) is 2.01. The molecule has 0 saturated heterocycles. The third kappa shape index (κ3) is 3.47. The maximum Gasteiger partial charge on any atom is 0.377 e. The lowest BCUT2D eigenvalue weighted by Gasteiger charge is -2.11. The third-order valence-electron chi connectivity index (χ3n) is 3.45. The molecule has 2 aromatic rings. The van der Waals surface area contributed by atoms with Crippen molar-refractivity contribution in [2.45, 2.75) is 19.1 Å². The summed E-state index contributed by atoms with van der Waals surface area (Å²) in [5.41, 5.74) is 1.14. The summed E-state index contributed by atoms with van der Waals surface area (Å²) in [4.78, 5) is 26.9. The molecule has 0 aliphatic carbocycles. The predicted molar refractivity (Wildman–Crippen MR) is 78.9 cm³/mol. The number of nitrogens with zero attached hydrogens (tertiary/aromatic N) is 3. The first kappa shape index (κ1) is 15.0. The summed E-state index contributed by atoms with van der Waals surface area (Å²) in [6, 6.07) is 7.82. The van der Waals surface area contributed by atoms with Crippen molar-refractivity contribution in [1.29, 1.82) is 0 Å². The molecule has 2 heterocycles. The van der Waals surface area contributed by atoms with Gasteiger partial charge in [-0.2, -0.15) is 0 Å². The standard InChI is InChI=1S/C15H16N4O4/c1-22-15(21)14-17-9-19(18-14)8-13(20)16-7-11-6-10-4-2-3-5-12(10)23-11/h2-5,9,11H,6-8H2,1H3,(H,16,20)/t11-/m0/s1. The molecule has 8 heteroatoms. The maximum absolute atomic E-state index is 11.9. The molecule has 0 fully saturated rings. The highest BCUT2D eigenvalue weighted by atomic mass is 16.5. The molecule has 23 heavy (non-hydrogen) atoms. The molecule has 1 N–H and O–H groups in total. The van der Waals surface area contributed by atoms with Crippen molar-refractivity contribution in [1.82, 2.24) is 20.1 Å². The highest BCUT2D eigenvalue weighted by Gasteiger charge is 2.22. The van der Waals surface area contributed by atoms with Crippen LogP contribution in [-0.4, -0.2) is 46.4 Å². The van der Waals surface area contributed by atoms with Gasteiger partial charge in [0.2, 0.25) is 5.91 Å². The van der Waals surface area contributed by atoms with E-state index in [9.17, 15) is 9.59 Å². The lowest BCUT2D eigenvalue weighted by atomic mass is 10.1. The lowest BCUT2D eigenvalue weighted by Crippen LogP contribution is -2.36. The Bertz CT molecular complexity index is 703. The Hall–Kier alpha value is -2.90.